The van der Waals surface area contributed by atoms with Gasteiger partial charge in [-0.25, -0.2) is 14.4 Å². The molecule has 6 heteroatoms. The van der Waals surface area contributed by atoms with Crippen molar-refractivity contribution in [2.75, 3.05) is 6.54 Å². The fourth-order valence-electron chi connectivity index (χ4n) is 3.80. The molecule has 142 valence electrons. The smallest absolute Gasteiger partial charge is 0.209 e. The quantitative estimate of drug-likeness (QED) is 0.438. The molecule has 0 radical (unpaired) electrons. The largest absolute Gasteiger partial charge is 0.439 e. The minimum atomic E-state index is -0.254. The average Bonchev–Trinajstić information content (AvgIpc) is 3.36. The number of likely N-dealkylation sites (tertiary alicyclic amines) is 1. The molecule has 1 fully saturated rings. The first kappa shape index (κ1) is 17.5. The van der Waals surface area contributed by atoms with E-state index >= 15 is 0 Å². The lowest BCUT2D eigenvalue weighted by atomic mass is 10.0. The highest BCUT2D eigenvalue weighted by molar-refractivity contribution is 7.18. The molecule has 1 unspecified atom stereocenters. The first-order valence-electron chi connectivity index (χ1n) is 9.56. The predicted octanol–water partition coefficient (Wildman–Crippen LogP) is 5.82. The maximum atomic E-state index is 13.1. The molecule has 0 N–H and O–H groups in total. The van der Waals surface area contributed by atoms with Crippen LogP contribution < -0.4 is 0 Å². The zero-order chi connectivity index (χ0) is 18.9. The van der Waals surface area contributed by atoms with E-state index in [2.05, 4.69) is 28.1 Å². The summed E-state index contributed by atoms with van der Waals surface area (Å²) >= 11 is 1.78. The van der Waals surface area contributed by atoms with Gasteiger partial charge in [0, 0.05) is 5.56 Å². The third-order valence-corrected chi connectivity index (χ3v) is 6.37. The Morgan fingerprint density at radius 2 is 1.96 bits per heavy atom. The highest BCUT2D eigenvalue weighted by Crippen LogP contribution is 2.36. The van der Waals surface area contributed by atoms with Crippen LogP contribution in [0, 0.1) is 5.82 Å². The molecule has 0 spiro atoms. The number of hydrogen-bond acceptors (Lipinski definition) is 5. The van der Waals surface area contributed by atoms with Gasteiger partial charge in [-0.15, -0.1) is 11.3 Å². The Hall–Kier alpha value is -2.57. The van der Waals surface area contributed by atoms with Gasteiger partial charge in [-0.3, -0.25) is 4.90 Å². The molecule has 4 nitrogen and oxygen atoms in total. The molecule has 0 amide bonds. The lowest BCUT2D eigenvalue weighted by Gasteiger charge is -2.33. The van der Waals surface area contributed by atoms with E-state index in [0.717, 1.165) is 24.0 Å². The molecule has 28 heavy (non-hydrogen) atoms. The van der Waals surface area contributed by atoms with Gasteiger partial charge in [0.2, 0.25) is 5.89 Å². The Bertz CT molecular complexity index is 1060. The molecule has 1 atom stereocenters. The first-order chi connectivity index (χ1) is 13.8. The number of piperidine rings is 1. The second kappa shape index (κ2) is 7.45. The number of benzene rings is 2. The summed E-state index contributed by atoms with van der Waals surface area (Å²) in [5.74, 6) is 1.10. The number of nitrogens with zero attached hydrogens (tertiary/aromatic N) is 3. The van der Waals surface area contributed by atoms with E-state index in [0.29, 0.717) is 24.2 Å². The molecular weight excluding hydrogens is 373 g/mol. The van der Waals surface area contributed by atoms with Crippen molar-refractivity contribution in [1.29, 1.82) is 0 Å². The molecule has 1 saturated heterocycles. The number of thiazole rings is 1. The monoisotopic (exact) mass is 393 g/mol. The van der Waals surface area contributed by atoms with Gasteiger partial charge < -0.3 is 4.42 Å². The van der Waals surface area contributed by atoms with Crippen LogP contribution in [0.3, 0.4) is 0 Å². The van der Waals surface area contributed by atoms with Gasteiger partial charge in [-0.2, -0.15) is 0 Å². The van der Waals surface area contributed by atoms with Crippen molar-refractivity contribution in [3.8, 4) is 11.3 Å². The summed E-state index contributed by atoms with van der Waals surface area (Å²) in [5, 5.41) is 1.17. The van der Waals surface area contributed by atoms with E-state index in [1.165, 1.54) is 34.7 Å². The fourth-order valence-corrected chi connectivity index (χ4v) is 4.93. The van der Waals surface area contributed by atoms with E-state index in [-0.39, 0.29) is 5.82 Å². The van der Waals surface area contributed by atoms with Gasteiger partial charge >= 0.3 is 0 Å². The molecule has 4 aromatic rings. The Morgan fingerprint density at radius 3 is 2.82 bits per heavy atom. The van der Waals surface area contributed by atoms with Crippen LogP contribution in [0.1, 0.15) is 36.2 Å². The summed E-state index contributed by atoms with van der Waals surface area (Å²) in [7, 11) is 0. The van der Waals surface area contributed by atoms with Crippen molar-refractivity contribution in [2.45, 2.75) is 31.8 Å². The van der Waals surface area contributed by atoms with Gasteiger partial charge in [-0.1, -0.05) is 18.6 Å². The van der Waals surface area contributed by atoms with Crippen LogP contribution in [0.2, 0.25) is 0 Å². The van der Waals surface area contributed by atoms with Crippen molar-refractivity contribution >= 4 is 21.6 Å². The van der Waals surface area contributed by atoms with Crippen molar-refractivity contribution in [3.05, 3.63) is 71.4 Å². The van der Waals surface area contributed by atoms with Crippen LogP contribution in [0.4, 0.5) is 4.39 Å². The average molecular weight is 393 g/mol. The van der Waals surface area contributed by atoms with Crippen molar-refractivity contribution < 1.29 is 8.81 Å². The fraction of sp³-hybridized carbons (Fsp3) is 0.273. The van der Waals surface area contributed by atoms with Crippen LogP contribution in [-0.4, -0.2) is 21.4 Å². The lowest BCUT2D eigenvalue weighted by molar-refractivity contribution is 0.128. The topological polar surface area (TPSA) is 42.2 Å². The number of halogens is 1. The van der Waals surface area contributed by atoms with Gasteiger partial charge in [0.1, 0.15) is 10.8 Å². The molecule has 2 aromatic carbocycles. The third-order valence-electron chi connectivity index (χ3n) is 5.23. The SMILES string of the molecule is Fc1ccc(-c2cnc(CN3CCCCC3c3nc4ccccc4s3)o2)cc1. The molecule has 0 saturated carbocycles. The van der Waals surface area contributed by atoms with Gasteiger partial charge in [-0.05, 0) is 55.8 Å². The number of rotatable bonds is 4. The van der Waals surface area contributed by atoms with Crippen LogP contribution in [0.15, 0.2) is 59.1 Å². The standard InChI is InChI=1S/C22H20FN3OS/c23-16-10-8-15(9-11-16)19-13-24-21(27-19)14-26-12-4-3-6-18(26)22-25-17-5-1-2-7-20(17)28-22/h1-2,5,7-11,13,18H,3-4,6,12,14H2. The Labute approximate surface area is 166 Å². The molecule has 0 aliphatic carbocycles. The summed E-state index contributed by atoms with van der Waals surface area (Å²) < 4.78 is 20.3. The van der Waals surface area contributed by atoms with Gasteiger partial charge in [0.25, 0.3) is 0 Å². The Morgan fingerprint density at radius 1 is 1.11 bits per heavy atom. The molecule has 1 aliphatic heterocycles. The van der Waals surface area contributed by atoms with E-state index in [1.807, 2.05) is 6.07 Å². The van der Waals surface area contributed by atoms with Gasteiger partial charge in [0.05, 0.1) is 29.0 Å². The van der Waals surface area contributed by atoms with Crippen LogP contribution >= 0.6 is 11.3 Å². The predicted molar refractivity (Wildman–Crippen MR) is 109 cm³/mol. The maximum absolute atomic E-state index is 13.1. The van der Waals surface area contributed by atoms with E-state index in [4.69, 9.17) is 9.40 Å². The van der Waals surface area contributed by atoms with Crippen LogP contribution in [0.25, 0.3) is 21.5 Å². The third kappa shape index (κ3) is 3.45. The Kier molecular flexibility index (Phi) is 4.66. The summed E-state index contributed by atoms with van der Waals surface area (Å²) in [6.45, 7) is 1.66. The molecule has 3 heterocycles. The minimum Gasteiger partial charge on any atom is -0.439 e. The summed E-state index contributed by atoms with van der Waals surface area (Å²) in [6, 6.07) is 14.9. The minimum absolute atomic E-state index is 0.254. The second-order valence-electron chi connectivity index (χ2n) is 7.13. The number of fused-ring (bicyclic) bond motifs is 1. The number of para-hydroxylation sites is 1. The van der Waals surface area contributed by atoms with Crippen LogP contribution in [0.5, 0.6) is 0 Å². The van der Waals surface area contributed by atoms with E-state index in [1.54, 1.807) is 29.7 Å². The summed E-state index contributed by atoms with van der Waals surface area (Å²) in [5.41, 5.74) is 1.91. The molecule has 2 aromatic heterocycles. The van der Waals surface area contributed by atoms with Crippen molar-refractivity contribution in [2.24, 2.45) is 0 Å². The zero-order valence-corrected chi connectivity index (χ0v) is 16.2. The zero-order valence-electron chi connectivity index (χ0n) is 15.3. The van der Waals surface area contributed by atoms with E-state index in [9.17, 15) is 4.39 Å². The molecule has 0 bridgehead atoms. The van der Waals surface area contributed by atoms with Crippen LogP contribution in [-0.2, 0) is 6.54 Å². The summed E-state index contributed by atoms with van der Waals surface area (Å²) in [4.78, 5) is 11.8. The van der Waals surface area contributed by atoms with Crippen molar-refractivity contribution in [3.63, 3.8) is 0 Å². The second-order valence-corrected chi connectivity index (χ2v) is 8.19. The molecule has 1 aliphatic rings. The first-order valence-corrected chi connectivity index (χ1v) is 10.4. The lowest BCUT2D eigenvalue weighted by Crippen LogP contribution is -2.32. The highest BCUT2D eigenvalue weighted by atomic mass is 32.1. The number of aromatic nitrogens is 2. The molecule has 5 rings (SSSR count). The molecular formula is C22H20FN3OS. The number of hydrogen-bond donors (Lipinski definition) is 0. The highest BCUT2D eigenvalue weighted by Gasteiger charge is 2.28. The van der Waals surface area contributed by atoms with Crippen molar-refractivity contribution in [1.82, 2.24) is 14.9 Å². The maximum Gasteiger partial charge on any atom is 0.209 e. The summed E-state index contributed by atoms with van der Waals surface area (Å²) in [6.07, 6.45) is 5.21. The van der Waals surface area contributed by atoms with E-state index < -0.39 is 0 Å². The number of oxazole rings is 1. The normalized spacial score (nSPS) is 18.0. The Balaban J connectivity index is 1.38. The van der Waals surface area contributed by atoms with Gasteiger partial charge in [0.15, 0.2) is 5.76 Å².